The second kappa shape index (κ2) is 7.39. The minimum Gasteiger partial charge on any atom is -0.444 e. The van der Waals surface area contributed by atoms with Crippen LogP contribution in [0.4, 0.5) is 4.79 Å². The van der Waals surface area contributed by atoms with E-state index in [0.717, 1.165) is 41.9 Å². The number of para-hydroxylation sites is 1. The van der Waals surface area contributed by atoms with Crippen LogP contribution in [-0.4, -0.2) is 21.2 Å². The topological polar surface area (TPSA) is 56.1 Å². The van der Waals surface area contributed by atoms with Gasteiger partial charge in [0, 0.05) is 23.6 Å². The number of imidazole rings is 1. The summed E-state index contributed by atoms with van der Waals surface area (Å²) in [5, 5.41) is 3.11. The third-order valence-corrected chi connectivity index (χ3v) is 5.32. The van der Waals surface area contributed by atoms with Crippen LogP contribution in [0.3, 0.4) is 0 Å². The highest BCUT2D eigenvalue weighted by atomic mass is 16.6. The molecule has 1 saturated carbocycles. The van der Waals surface area contributed by atoms with Gasteiger partial charge in [-0.05, 0) is 57.7 Å². The molecule has 0 aliphatic heterocycles. The van der Waals surface area contributed by atoms with E-state index in [1.54, 1.807) is 0 Å². The van der Waals surface area contributed by atoms with Gasteiger partial charge in [-0.2, -0.15) is 0 Å². The van der Waals surface area contributed by atoms with Crippen molar-refractivity contribution in [1.82, 2.24) is 14.9 Å². The molecule has 1 aromatic heterocycles. The molecule has 1 aliphatic carbocycles. The second-order valence-electron chi connectivity index (χ2n) is 8.60. The molecular formula is C24H27N3O2. The first-order valence-electron chi connectivity index (χ1n) is 10.1. The summed E-state index contributed by atoms with van der Waals surface area (Å²) in [4.78, 5) is 16.9. The van der Waals surface area contributed by atoms with Crippen LogP contribution in [0, 0.1) is 0 Å². The zero-order chi connectivity index (χ0) is 20.5. The molecule has 1 amide bonds. The van der Waals surface area contributed by atoms with Gasteiger partial charge < -0.3 is 10.1 Å². The zero-order valence-corrected chi connectivity index (χ0v) is 17.2. The highest BCUT2D eigenvalue weighted by molar-refractivity contribution is 5.70. The number of carbonyl (C=O) groups excluding carboxylic acids is 1. The molecule has 2 aromatic carbocycles. The third kappa shape index (κ3) is 4.04. The van der Waals surface area contributed by atoms with Gasteiger partial charge in [-0.1, -0.05) is 42.5 Å². The monoisotopic (exact) mass is 389 g/mol. The fourth-order valence-corrected chi connectivity index (χ4v) is 3.77. The van der Waals surface area contributed by atoms with Crippen LogP contribution < -0.4 is 5.32 Å². The van der Waals surface area contributed by atoms with Crippen LogP contribution in [0.2, 0.25) is 0 Å². The van der Waals surface area contributed by atoms with Crippen LogP contribution in [0.1, 0.15) is 45.6 Å². The summed E-state index contributed by atoms with van der Waals surface area (Å²) in [6, 6.07) is 18.5. The van der Waals surface area contributed by atoms with Crippen LogP contribution in [0.25, 0.3) is 17.1 Å². The number of nitrogens with one attached hydrogen (secondary N) is 1. The van der Waals surface area contributed by atoms with Crippen molar-refractivity contribution in [2.24, 2.45) is 0 Å². The van der Waals surface area contributed by atoms with Gasteiger partial charge in [-0.3, -0.25) is 4.57 Å². The number of carbonyl (C=O) groups is 1. The maximum Gasteiger partial charge on any atom is 0.408 e. The first-order chi connectivity index (χ1) is 13.9. The van der Waals surface area contributed by atoms with Crippen molar-refractivity contribution >= 4 is 6.09 Å². The fraction of sp³-hybridized carbons (Fsp3) is 0.333. The molecule has 0 unspecified atom stereocenters. The molecule has 0 radical (unpaired) electrons. The first kappa shape index (κ1) is 19.2. The Balaban J connectivity index is 1.57. The van der Waals surface area contributed by atoms with E-state index in [0.29, 0.717) is 0 Å². The summed E-state index contributed by atoms with van der Waals surface area (Å²) < 4.78 is 7.55. The van der Waals surface area contributed by atoms with Crippen molar-refractivity contribution in [2.75, 3.05) is 0 Å². The van der Waals surface area contributed by atoms with Gasteiger partial charge in [0.15, 0.2) is 0 Å². The average Bonchev–Trinajstić information content (AvgIpc) is 3.14. The Morgan fingerprint density at radius 1 is 1.07 bits per heavy atom. The van der Waals surface area contributed by atoms with Crippen LogP contribution in [-0.2, 0) is 10.3 Å². The van der Waals surface area contributed by atoms with Crippen molar-refractivity contribution in [3.8, 4) is 17.1 Å². The Morgan fingerprint density at radius 2 is 1.76 bits per heavy atom. The fourth-order valence-electron chi connectivity index (χ4n) is 3.77. The molecule has 5 nitrogen and oxygen atoms in total. The highest BCUT2D eigenvalue weighted by Crippen LogP contribution is 2.42. The predicted molar refractivity (Wildman–Crippen MR) is 114 cm³/mol. The third-order valence-electron chi connectivity index (χ3n) is 5.32. The van der Waals surface area contributed by atoms with Crippen molar-refractivity contribution in [3.05, 3.63) is 72.6 Å². The molecule has 1 fully saturated rings. The molecule has 1 N–H and O–H groups in total. The zero-order valence-electron chi connectivity index (χ0n) is 17.2. The molecule has 0 bridgehead atoms. The van der Waals surface area contributed by atoms with Gasteiger partial charge in [0.1, 0.15) is 11.4 Å². The van der Waals surface area contributed by atoms with E-state index in [-0.39, 0.29) is 11.6 Å². The van der Waals surface area contributed by atoms with E-state index in [4.69, 9.17) is 4.74 Å². The molecule has 150 valence electrons. The molecular weight excluding hydrogens is 362 g/mol. The maximum atomic E-state index is 12.3. The number of benzene rings is 2. The van der Waals surface area contributed by atoms with E-state index < -0.39 is 5.60 Å². The smallest absolute Gasteiger partial charge is 0.408 e. The van der Waals surface area contributed by atoms with E-state index in [2.05, 4.69) is 51.3 Å². The average molecular weight is 389 g/mol. The second-order valence-corrected chi connectivity index (χ2v) is 8.60. The van der Waals surface area contributed by atoms with Gasteiger partial charge in [0.2, 0.25) is 0 Å². The summed E-state index contributed by atoms with van der Waals surface area (Å²) in [5.74, 6) is 0.894. The number of hydrogen-bond donors (Lipinski definition) is 1. The van der Waals surface area contributed by atoms with Crippen molar-refractivity contribution in [1.29, 1.82) is 0 Å². The molecule has 4 rings (SSSR count). The molecule has 1 heterocycles. The Hall–Kier alpha value is -3.08. The summed E-state index contributed by atoms with van der Waals surface area (Å²) in [6.45, 7) is 5.64. The Morgan fingerprint density at radius 3 is 2.34 bits per heavy atom. The van der Waals surface area contributed by atoms with Crippen LogP contribution >= 0.6 is 0 Å². The normalized spacial score (nSPS) is 15.4. The number of nitrogens with zero attached hydrogens (tertiary/aromatic N) is 2. The van der Waals surface area contributed by atoms with Gasteiger partial charge in [0.25, 0.3) is 0 Å². The van der Waals surface area contributed by atoms with E-state index >= 15 is 0 Å². The number of amides is 1. The van der Waals surface area contributed by atoms with Crippen molar-refractivity contribution in [2.45, 2.75) is 51.2 Å². The minimum atomic E-state index is -0.507. The van der Waals surface area contributed by atoms with Gasteiger partial charge in [-0.15, -0.1) is 0 Å². The van der Waals surface area contributed by atoms with Crippen molar-refractivity contribution in [3.63, 3.8) is 0 Å². The largest absolute Gasteiger partial charge is 0.444 e. The molecule has 5 heteroatoms. The molecule has 0 spiro atoms. The summed E-state index contributed by atoms with van der Waals surface area (Å²) >= 11 is 0. The number of ether oxygens (including phenoxy) is 1. The van der Waals surface area contributed by atoms with E-state index in [1.165, 1.54) is 0 Å². The number of rotatable bonds is 4. The number of aromatic nitrogens is 2. The SMILES string of the molecule is CC(C)(C)OC(=O)NC1(c2ccc(-c3nccn3-c3ccccc3)cc2)CCC1. The molecule has 29 heavy (non-hydrogen) atoms. The molecule has 0 saturated heterocycles. The number of hydrogen-bond acceptors (Lipinski definition) is 3. The molecule has 3 aromatic rings. The quantitative estimate of drug-likeness (QED) is 0.646. The summed E-state index contributed by atoms with van der Waals surface area (Å²) in [6.07, 6.45) is 6.36. The van der Waals surface area contributed by atoms with Crippen LogP contribution in [0.5, 0.6) is 0 Å². The molecule has 1 aliphatic rings. The standard InChI is InChI=1S/C24H27N3O2/c1-23(2,3)29-22(28)26-24(14-7-15-24)19-12-10-18(11-13-19)21-25-16-17-27(21)20-8-5-4-6-9-20/h4-6,8-13,16-17H,7,14-15H2,1-3H3,(H,26,28). The number of alkyl carbamates (subject to hydrolysis) is 1. The Labute approximate surface area is 171 Å². The lowest BCUT2D eigenvalue weighted by molar-refractivity contribution is 0.0377. The van der Waals surface area contributed by atoms with Crippen LogP contribution in [0.15, 0.2) is 67.0 Å². The lowest BCUT2D eigenvalue weighted by Gasteiger charge is -2.43. The Kier molecular flexibility index (Phi) is 4.91. The van der Waals surface area contributed by atoms with Crippen molar-refractivity contribution < 1.29 is 9.53 Å². The summed E-state index contributed by atoms with van der Waals surface area (Å²) in [7, 11) is 0. The maximum absolute atomic E-state index is 12.3. The highest BCUT2D eigenvalue weighted by Gasteiger charge is 2.41. The Bertz CT molecular complexity index is 981. The lowest BCUT2D eigenvalue weighted by atomic mass is 9.72. The predicted octanol–water partition coefficient (Wildman–Crippen LogP) is 5.44. The first-order valence-corrected chi connectivity index (χ1v) is 10.1. The minimum absolute atomic E-state index is 0.338. The lowest BCUT2D eigenvalue weighted by Crippen LogP contribution is -2.52. The van der Waals surface area contributed by atoms with Gasteiger partial charge in [0.05, 0.1) is 5.54 Å². The van der Waals surface area contributed by atoms with E-state index in [1.807, 2.05) is 51.4 Å². The van der Waals surface area contributed by atoms with Gasteiger partial charge >= 0.3 is 6.09 Å². The summed E-state index contributed by atoms with van der Waals surface area (Å²) in [5.41, 5.74) is 2.37. The van der Waals surface area contributed by atoms with E-state index in [9.17, 15) is 4.79 Å². The van der Waals surface area contributed by atoms with Gasteiger partial charge in [-0.25, -0.2) is 9.78 Å². The molecule has 0 atom stereocenters.